The molecule has 1 aromatic carbocycles. The first-order valence-electron chi connectivity index (χ1n) is 7.50. The summed E-state index contributed by atoms with van der Waals surface area (Å²) < 4.78 is 5.49. The van der Waals surface area contributed by atoms with E-state index in [0.29, 0.717) is 19.1 Å². The van der Waals surface area contributed by atoms with Crippen molar-refractivity contribution in [2.75, 3.05) is 19.7 Å². The summed E-state index contributed by atoms with van der Waals surface area (Å²) in [6.45, 7) is 6.09. The number of ether oxygens (including phenoxy) is 1. The van der Waals surface area contributed by atoms with E-state index in [2.05, 4.69) is 22.0 Å². The number of nitrogens with two attached hydrogens (primary N) is 1. The summed E-state index contributed by atoms with van der Waals surface area (Å²) in [6.07, 6.45) is 3.75. The molecule has 1 heterocycles. The third-order valence-electron chi connectivity index (χ3n) is 3.67. The van der Waals surface area contributed by atoms with Crippen molar-refractivity contribution in [2.45, 2.75) is 39.3 Å². The number of likely N-dealkylation sites (tertiary alicyclic amines) is 1. The quantitative estimate of drug-likeness (QED) is 0.467. The first-order chi connectivity index (χ1) is 9.81. The molecule has 0 aromatic heterocycles. The molecule has 4 nitrogen and oxygen atoms in total. The van der Waals surface area contributed by atoms with Gasteiger partial charge < -0.3 is 15.4 Å². The van der Waals surface area contributed by atoms with Crippen LogP contribution in [0.1, 0.15) is 37.3 Å². The van der Waals surface area contributed by atoms with Crippen molar-refractivity contribution in [3.63, 3.8) is 0 Å². The molecule has 118 valence electrons. The highest BCUT2D eigenvalue weighted by molar-refractivity contribution is 14.0. The molecule has 5 heteroatoms. The summed E-state index contributed by atoms with van der Waals surface area (Å²) in [5.74, 6) is 0.677. The molecule has 0 unspecified atom stereocenters. The third kappa shape index (κ3) is 5.82. The van der Waals surface area contributed by atoms with Crippen molar-refractivity contribution in [1.82, 2.24) is 4.90 Å². The lowest BCUT2D eigenvalue weighted by atomic mass is 10.1. The Morgan fingerprint density at radius 1 is 1.19 bits per heavy atom. The summed E-state index contributed by atoms with van der Waals surface area (Å²) in [7, 11) is 0. The van der Waals surface area contributed by atoms with Crippen LogP contribution in [0.15, 0.2) is 29.3 Å². The van der Waals surface area contributed by atoms with Gasteiger partial charge in [0, 0.05) is 19.7 Å². The van der Waals surface area contributed by atoms with Crippen molar-refractivity contribution in [3.05, 3.63) is 35.4 Å². The Hall–Kier alpha value is -0.820. The minimum Gasteiger partial charge on any atom is -0.377 e. The maximum atomic E-state index is 6.09. The van der Waals surface area contributed by atoms with E-state index in [4.69, 9.17) is 10.5 Å². The molecule has 0 aliphatic carbocycles. The smallest absolute Gasteiger partial charge is 0.191 e. The van der Waals surface area contributed by atoms with E-state index < -0.39 is 0 Å². The third-order valence-corrected chi connectivity index (χ3v) is 3.67. The lowest BCUT2D eigenvalue weighted by Crippen LogP contribution is -2.40. The lowest BCUT2D eigenvalue weighted by Gasteiger charge is -2.27. The van der Waals surface area contributed by atoms with E-state index in [1.165, 1.54) is 30.4 Å². The summed E-state index contributed by atoms with van der Waals surface area (Å²) in [4.78, 5) is 6.74. The molecule has 1 aliphatic rings. The number of hydrogen-bond donors (Lipinski definition) is 1. The van der Waals surface area contributed by atoms with Crippen LogP contribution in [-0.4, -0.2) is 30.6 Å². The first-order valence-corrected chi connectivity index (χ1v) is 7.50. The number of nitrogens with zero attached hydrogens (tertiary/aromatic N) is 2. The summed E-state index contributed by atoms with van der Waals surface area (Å²) >= 11 is 0. The molecular weight excluding hydrogens is 377 g/mol. The van der Waals surface area contributed by atoms with Crippen LogP contribution in [0, 0.1) is 0 Å². The number of piperidine rings is 1. The molecule has 21 heavy (non-hydrogen) atoms. The number of aliphatic imine (C=N–C) groups is 1. The van der Waals surface area contributed by atoms with Crippen LogP contribution < -0.4 is 5.73 Å². The molecule has 0 spiro atoms. The van der Waals surface area contributed by atoms with Gasteiger partial charge in [-0.1, -0.05) is 24.3 Å². The van der Waals surface area contributed by atoms with Gasteiger partial charge in [0.2, 0.25) is 0 Å². The van der Waals surface area contributed by atoms with Crippen molar-refractivity contribution >= 4 is 29.9 Å². The van der Waals surface area contributed by atoms with Gasteiger partial charge in [0.15, 0.2) is 5.96 Å². The van der Waals surface area contributed by atoms with E-state index in [1.54, 1.807) is 0 Å². The van der Waals surface area contributed by atoms with Gasteiger partial charge in [0.25, 0.3) is 0 Å². The van der Waals surface area contributed by atoms with Gasteiger partial charge >= 0.3 is 0 Å². The molecule has 0 saturated carbocycles. The van der Waals surface area contributed by atoms with Crippen LogP contribution >= 0.6 is 24.0 Å². The average Bonchev–Trinajstić information content (AvgIpc) is 2.52. The highest BCUT2D eigenvalue weighted by Gasteiger charge is 2.11. The van der Waals surface area contributed by atoms with Gasteiger partial charge in [-0.25, -0.2) is 4.99 Å². The van der Waals surface area contributed by atoms with E-state index in [9.17, 15) is 0 Å². The highest BCUT2D eigenvalue weighted by Crippen LogP contribution is 2.13. The molecule has 0 amide bonds. The molecule has 0 atom stereocenters. The van der Waals surface area contributed by atoms with Crippen LogP contribution in [0.2, 0.25) is 0 Å². The zero-order valence-electron chi connectivity index (χ0n) is 12.8. The van der Waals surface area contributed by atoms with Crippen molar-refractivity contribution in [2.24, 2.45) is 10.7 Å². The topological polar surface area (TPSA) is 50.9 Å². The molecule has 1 aliphatic heterocycles. The normalized spacial score (nSPS) is 15.7. The SMILES string of the molecule is CCOCc1ccccc1CN=C(N)N1CCCCC1.I. The number of guanidine groups is 1. The van der Waals surface area contributed by atoms with Gasteiger partial charge in [-0.2, -0.15) is 0 Å². The second-order valence-corrected chi connectivity index (χ2v) is 5.13. The van der Waals surface area contributed by atoms with Gasteiger partial charge in [-0.15, -0.1) is 24.0 Å². The zero-order chi connectivity index (χ0) is 14.2. The molecular formula is C16H26IN3O. The summed E-state index contributed by atoms with van der Waals surface area (Å²) in [5.41, 5.74) is 8.49. The molecule has 0 radical (unpaired) electrons. The second-order valence-electron chi connectivity index (χ2n) is 5.13. The van der Waals surface area contributed by atoms with Crippen molar-refractivity contribution in [1.29, 1.82) is 0 Å². The molecule has 2 rings (SSSR count). The maximum Gasteiger partial charge on any atom is 0.191 e. The average molecular weight is 403 g/mol. The first kappa shape index (κ1) is 18.2. The Morgan fingerprint density at radius 2 is 1.86 bits per heavy atom. The molecule has 1 aromatic rings. The van der Waals surface area contributed by atoms with Crippen LogP contribution in [0.5, 0.6) is 0 Å². The number of halogens is 1. The monoisotopic (exact) mass is 403 g/mol. The predicted octanol–water partition coefficient (Wildman–Crippen LogP) is 3.14. The molecule has 1 saturated heterocycles. The van der Waals surface area contributed by atoms with E-state index in [1.807, 2.05) is 19.1 Å². The minimum atomic E-state index is 0. The summed E-state index contributed by atoms with van der Waals surface area (Å²) in [5, 5.41) is 0. The van der Waals surface area contributed by atoms with Gasteiger partial charge in [0.1, 0.15) is 0 Å². The van der Waals surface area contributed by atoms with E-state index >= 15 is 0 Å². The molecule has 0 bridgehead atoms. The van der Waals surface area contributed by atoms with Crippen molar-refractivity contribution < 1.29 is 4.74 Å². The number of benzene rings is 1. The Balaban J connectivity index is 0.00000220. The highest BCUT2D eigenvalue weighted by atomic mass is 127. The summed E-state index contributed by atoms with van der Waals surface area (Å²) in [6, 6.07) is 8.27. The van der Waals surface area contributed by atoms with Crippen molar-refractivity contribution in [3.8, 4) is 0 Å². The predicted molar refractivity (Wildman–Crippen MR) is 97.9 cm³/mol. The number of hydrogen-bond acceptors (Lipinski definition) is 2. The largest absolute Gasteiger partial charge is 0.377 e. The lowest BCUT2D eigenvalue weighted by molar-refractivity contribution is 0.133. The van der Waals surface area contributed by atoms with Crippen LogP contribution in [-0.2, 0) is 17.9 Å². The standard InChI is InChI=1S/C16H25N3O.HI/c1-2-20-13-15-9-5-4-8-14(15)12-18-16(17)19-10-6-3-7-11-19;/h4-5,8-9H,2-3,6-7,10-13H2,1H3,(H2,17,18);1H. The molecule has 2 N–H and O–H groups in total. The number of rotatable bonds is 5. The van der Waals surface area contributed by atoms with Crippen LogP contribution in [0.4, 0.5) is 0 Å². The fraction of sp³-hybridized carbons (Fsp3) is 0.562. The van der Waals surface area contributed by atoms with Gasteiger partial charge in [-0.05, 0) is 37.3 Å². The van der Waals surface area contributed by atoms with E-state index in [0.717, 1.165) is 19.7 Å². The molecule has 1 fully saturated rings. The fourth-order valence-electron chi connectivity index (χ4n) is 2.45. The Labute approximate surface area is 144 Å². The second kappa shape index (κ2) is 10.00. The Bertz CT molecular complexity index is 445. The zero-order valence-corrected chi connectivity index (χ0v) is 15.1. The van der Waals surface area contributed by atoms with E-state index in [-0.39, 0.29) is 24.0 Å². The minimum absolute atomic E-state index is 0. The van der Waals surface area contributed by atoms with Gasteiger partial charge in [-0.3, -0.25) is 0 Å². The Morgan fingerprint density at radius 3 is 2.52 bits per heavy atom. The van der Waals surface area contributed by atoms with Gasteiger partial charge in [0.05, 0.1) is 13.2 Å². The maximum absolute atomic E-state index is 6.09. The fourth-order valence-corrected chi connectivity index (χ4v) is 2.45. The van der Waals surface area contributed by atoms with Crippen LogP contribution in [0.3, 0.4) is 0 Å². The Kier molecular flexibility index (Phi) is 8.68. The van der Waals surface area contributed by atoms with Crippen LogP contribution in [0.25, 0.3) is 0 Å².